The third-order valence-corrected chi connectivity index (χ3v) is 7.30. The largest absolute Gasteiger partial charge is 0.487 e. The molecule has 3 heterocycles. The van der Waals surface area contributed by atoms with Gasteiger partial charge in [-0.2, -0.15) is 0 Å². The van der Waals surface area contributed by atoms with E-state index in [1.807, 2.05) is 30.2 Å². The second-order valence-electron chi connectivity index (χ2n) is 9.66. The number of piperazine rings is 1. The Hall–Kier alpha value is -2.81. The molecule has 36 heavy (non-hydrogen) atoms. The highest BCUT2D eigenvalue weighted by Crippen LogP contribution is 2.42. The first-order valence-corrected chi connectivity index (χ1v) is 12.7. The summed E-state index contributed by atoms with van der Waals surface area (Å²) in [5, 5.41) is 7.21. The second-order valence-corrected chi connectivity index (χ2v) is 10.5. The summed E-state index contributed by atoms with van der Waals surface area (Å²) < 4.78 is 23.5. The van der Waals surface area contributed by atoms with E-state index in [1.165, 1.54) is 6.07 Å². The zero-order chi connectivity index (χ0) is 25.7. The summed E-state index contributed by atoms with van der Waals surface area (Å²) in [6, 6.07) is 6.39. The molecule has 190 valence electrons. The van der Waals surface area contributed by atoms with Gasteiger partial charge in [0.15, 0.2) is 11.6 Å². The van der Waals surface area contributed by atoms with Crippen LogP contribution in [0.5, 0.6) is 5.75 Å². The highest BCUT2D eigenvalue weighted by Gasteiger charge is 2.32. The molecule has 3 atom stereocenters. The summed E-state index contributed by atoms with van der Waals surface area (Å²) >= 11 is 12.2. The topological polar surface area (TPSA) is 75.6 Å². The van der Waals surface area contributed by atoms with E-state index >= 15 is 4.39 Å². The van der Waals surface area contributed by atoms with Crippen LogP contribution >= 0.6 is 23.2 Å². The lowest BCUT2D eigenvalue weighted by molar-refractivity contribution is 0.0948. The van der Waals surface area contributed by atoms with Crippen LogP contribution in [0, 0.1) is 5.82 Å². The van der Waals surface area contributed by atoms with Crippen LogP contribution in [-0.4, -0.2) is 42.3 Å². The van der Waals surface area contributed by atoms with Crippen molar-refractivity contribution in [3.63, 3.8) is 0 Å². The fraction of sp³-hybridized carbons (Fsp3) is 0.385. The molecular formula is C26H27Cl2FN4O3. The number of aromatic nitrogens is 1. The Labute approximate surface area is 218 Å². The molecule has 0 unspecified atom stereocenters. The van der Waals surface area contributed by atoms with Crippen molar-refractivity contribution in [2.75, 3.05) is 24.6 Å². The van der Waals surface area contributed by atoms with Gasteiger partial charge in [-0.1, -0.05) is 29.3 Å². The Balaban J connectivity index is 1.57. The van der Waals surface area contributed by atoms with Gasteiger partial charge in [0.25, 0.3) is 5.91 Å². The lowest BCUT2D eigenvalue weighted by Crippen LogP contribution is -2.54. The fourth-order valence-electron chi connectivity index (χ4n) is 5.11. The summed E-state index contributed by atoms with van der Waals surface area (Å²) in [4.78, 5) is 28.5. The predicted octanol–water partition coefficient (Wildman–Crippen LogP) is 4.52. The lowest BCUT2D eigenvalue weighted by atomic mass is 10.0. The van der Waals surface area contributed by atoms with Gasteiger partial charge in [0.1, 0.15) is 17.9 Å². The molecule has 0 saturated carbocycles. The Bertz CT molecular complexity index is 1420. The summed E-state index contributed by atoms with van der Waals surface area (Å²) in [7, 11) is 0. The average molecular weight is 533 g/mol. The zero-order valence-electron chi connectivity index (χ0n) is 20.2. The van der Waals surface area contributed by atoms with Gasteiger partial charge in [-0.15, -0.1) is 0 Å². The van der Waals surface area contributed by atoms with Gasteiger partial charge in [-0.05, 0) is 44.5 Å². The third-order valence-electron chi connectivity index (χ3n) is 6.71. The van der Waals surface area contributed by atoms with Crippen LogP contribution in [0.3, 0.4) is 0 Å². The van der Waals surface area contributed by atoms with Crippen LogP contribution in [-0.2, 0) is 6.54 Å². The number of carbonyl (C=O) groups excluding carboxylic acids is 1. The molecule has 1 aromatic heterocycles. The van der Waals surface area contributed by atoms with Gasteiger partial charge in [0, 0.05) is 48.0 Å². The molecule has 2 aliphatic rings. The van der Waals surface area contributed by atoms with E-state index in [0.29, 0.717) is 52.3 Å². The number of rotatable bonds is 4. The molecule has 5 rings (SSSR count). The van der Waals surface area contributed by atoms with Gasteiger partial charge >= 0.3 is 0 Å². The molecule has 3 aromatic rings. The van der Waals surface area contributed by atoms with E-state index < -0.39 is 17.2 Å². The Morgan fingerprint density at radius 3 is 2.61 bits per heavy atom. The van der Waals surface area contributed by atoms with Crippen LogP contribution in [0.1, 0.15) is 42.7 Å². The molecule has 0 bridgehead atoms. The summed E-state index contributed by atoms with van der Waals surface area (Å²) in [5.41, 5.74) is 0.913. The van der Waals surface area contributed by atoms with E-state index in [0.717, 1.165) is 0 Å². The second kappa shape index (κ2) is 9.57. The molecule has 7 nitrogen and oxygen atoms in total. The standard InChI is InChI=1S/C26H27Cl2FN4O3/c1-13-9-32(10-14(2)31-13)23-21(29)7-18-22-25(23)36-12-15(3)33(22)11-19(24(18)34)26(35)30-8-16-4-5-17(27)6-20(16)28/h4-7,11,13-15,31H,8-10,12H2,1-3H3,(H,30,35)/t13-,14+,15-/m0/s1. The monoisotopic (exact) mass is 532 g/mol. The summed E-state index contributed by atoms with van der Waals surface area (Å²) in [5.74, 6) is -0.755. The molecule has 1 saturated heterocycles. The average Bonchev–Trinajstić information content (AvgIpc) is 2.81. The number of nitrogens with one attached hydrogen (secondary N) is 2. The quantitative estimate of drug-likeness (QED) is 0.516. The summed E-state index contributed by atoms with van der Waals surface area (Å²) in [6.45, 7) is 7.65. The SMILES string of the molecule is C[C@@H]1CN(c2c(F)cc3c(=O)c(C(=O)NCc4ccc(Cl)cc4Cl)cn4c3c2OC[C@@H]4C)C[C@H](C)N1. The Morgan fingerprint density at radius 2 is 1.92 bits per heavy atom. The van der Waals surface area contributed by atoms with E-state index in [2.05, 4.69) is 10.6 Å². The molecule has 2 aromatic carbocycles. The number of benzene rings is 2. The maximum absolute atomic E-state index is 15.6. The van der Waals surface area contributed by atoms with Gasteiger partial charge < -0.3 is 24.8 Å². The molecule has 0 aliphatic carbocycles. The normalized spacial score (nSPS) is 21.4. The first-order valence-electron chi connectivity index (χ1n) is 11.9. The summed E-state index contributed by atoms with van der Waals surface area (Å²) in [6.07, 6.45) is 1.55. The predicted molar refractivity (Wildman–Crippen MR) is 140 cm³/mol. The van der Waals surface area contributed by atoms with Crippen molar-refractivity contribution in [2.24, 2.45) is 0 Å². The number of carbonyl (C=O) groups is 1. The number of hydrogen-bond acceptors (Lipinski definition) is 5. The molecule has 0 radical (unpaired) electrons. The molecule has 0 spiro atoms. The zero-order valence-corrected chi connectivity index (χ0v) is 21.7. The Kier molecular flexibility index (Phi) is 6.61. The van der Waals surface area contributed by atoms with E-state index in [4.69, 9.17) is 27.9 Å². The van der Waals surface area contributed by atoms with Gasteiger partial charge in [0.05, 0.1) is 16.9 Å². The molecule has 2 N–H and O–H groups in total. The number of nitrogens with zero attached hydrogens (tertiary/aromatic N) is 2. The highest BCUT2D eigenvalue weighted by molar-refractivity contribution is 6.35. The number of pyridine rings is 1. The van der Waals surface area contributed by atoms with Gasteiger partial charge in [-0.25, -0.2) is 4.39 Å². The molecule has 2 aliphatic heterocycles. The van der Waals surface area contributed by atoms with Crippen molar-refractivity contribution >= 4 is 45.7 Å². The first-order chi connectivity index (χ1) is 17.1. The van der Waals surface area contributed by atoms with Gasteiger partial charge in [0.2, 0.25) is 5.43 Å². The van der Waals surface area contributed by atoms with Crippen molar-refractivity contribution in [3.8, 4) is 5.75 Å². The Morgan fingerprint density at radius 1 is 1.19 bits per heavy atom. The van der Waals surface area contributed by atoms with Crippen LogP contribution in [0.15, 0.2) is 35.3 Å². The van der Waals surface area contributed by atoms with Crippen LogP contribution in [0.4, 0.5) is 10.1 Å². The number of ether oxygens (including phenoxy) is 1. The van der Waals surface area contributed by atoms with Gasteiger partial charge in [-0.3, -0.25) is 9.59 Å². The van der Waals surface area contributed by atoms with Crippen molar-refractivity contribution < 1.29 is 13.9 Å². The minimum atomic E-state index is -0.564. The smallest absolute Gasteiger partial charge is 0.257 e. The maximum Gasteiger partial charge on any atom is 0.257 e. The van der Waals surface area contributed by atoms with Crippen molar-refractivity contribution in [1.29, 1.82) is 0 Å². The van der Waals surface area contributed by atoms with Crippen molar-refractivity contribution in [1.82, 2.24) is 15.2 Å². The molecular weight excluding hydrogens is 506 g/mol. The molecule has 1 amide bonds. The van der Waals surface area contributed by atoms with Crippen LogP contribution in [0.2, 0.25) is 10.0 Å². The highest BCUT2D eigenvalue weighted by atomic mass is 35.5. The van der Waals surface area contributed by atoms with E-state index in [1.54, 1.807) is 24.4 Å². The van der Waals surface area contributed by atoms with Crippen molar-refractivity contribution in [2.45, 2.75) is 45.4 Å². The third kappa shape index (κ3) is 4.42. The number of anilines is 1. The minimum Gasteiger partial charge on any atom is -0.487 e. The lowest BCUT2D eigenvalue weighted by Gasteiger charge is -2.39. The van der Waals surface area contributed by atoms with E-state index in [9.17, 15) is 9.59 Å². The van der Waals surface area contributed by atoms with E-state index in [-0.39, 0.29) is 35.6 Å². The van der Waals surface area contributed by atoms with Crippen LogP contribution in [0.25, 0.3) is 10.9 Å². The minimum absolute atomic E-state index is 0.0659. The number of halogens is 3. The molecule has 1 fully saturated rings. The van der Waals surface area contributed by atoms with Crippen LogP contribution < -0.4 is 25.7 Å². The molecule has 10 heteroatoms. The van der Waals surface area contributed by atoms with Crippen molar-refractivity contribution in [3.05, 3.63) is 67.7 Å². The number of hydrogen-bond donors (Lipinski definition) is 2. The number of amides is 1. The first kappa shape index (κ1) is 24.9. The fourth-order valence-corrected chi connectivity index (χ4v) is 5.59. The maximum atomic E-state index is 15.6.